The third kappa shape index (κ3) is 3.62. The highest BCUT2D eigenvalue weighted by Gasteiger charge is 2.39. The van der Waals surface area contributed by atoms with Gasteiger partial charge in [-0.2, -0.15) is 0 Å². The van der Waals surface area contributed by atoms with Crippen LogP contribution in [0.4, 0.5) is 0 Å². The molecule has 1 amide bonds. The van der Waals surface area contributed by atoms with Crippen LogP contribution in [0, 0.1) is 11.3 Å². The van der Waals surface area contributed by atoms with Crippen molar-refractivity contribution < 1.29 is 14.7 Å². The largest absolute Gasteiger partial charge is 0.481 e. The number of nitrogens with zero attached hydrogens (tertiary/aromatic N) is 1. The second-order valence-corrected chi connectivity index (χ2v) is 6.44. The maximum absolute atomic E-state index is 12.0. The third-order valence-electron chi connectivity index (χ3n) is 4.48. The van der Waals surface area contributed by atoms with Gasteiger partial charge in [0.05, 0.1) is 6.42 Å². The summed E-state index contributed by atoms with van der Waals surface area (Å²) in [6.45, 7) is 1.30. The van der Waals surface area contributed by atoms with E-state index in [2.05, 4.69) is 0 Å². The van der Waals surface area contributed by atoms with Crippen molar-refractivity contribution in [2.24, 2.45) is 11.3 Å². The van der Waals surface area contributed by atoms with Crippen molar-refractivity contribution in [1.29, 1.82) is 0 Å². The second-order valence-electron chi connectivity index (χ2n) is 6.13. The minimum Gasteiger partial charge on any atom is -0.481 e. The first-order chi connectivity index (χ1) is 9.04. The quantitative estimate of drug-likeness (QED) is 0.791. The molecule has 0 aromatic heterocycles. The Balaban J connectivity index is 2.03. The zero-order valence-corrected chi connectivity index (χ0v) is 12.0. The molecule has 108 valence electrons. The average molecular weight is 288 g/mol. The average Bonchev–Trinajstić information content (AvgIpc) is 2.70. The number of amides is 1. The van der Waals surface area contributed by atoms with Crippen molar-refractivity contribution in [3.8, 4) is 0 Å². The van der Waals surface area contributed by atoms with E-state index in [1.165, 1.54) is 6.42 Å². The summed E-state index contributed by atoms with van der Waals surface area (Å²) in [5.41, 5.74) is -0.207. The number of halogens is 1. The molecular weight excluding hydrogens is 266 g/mol. The minimum atomic E-state index is -0.748. The molecule has 1 unspecified atom stereocenters. The molecule has 2 rings (SSSR count). The number of carboxylic acid groups (broad SMARTS) is 1. The van der Waals surface area contributed by atoms with Crippen molar-refractivity contribution in [2.75, 3.05) is 19.0 Å². The number of carboxylic acids is 1. The summed E-state index contributed by atoms with van der Waals surface area (Å²) in [7, 11) is 0. The van der Waals surface area contributed by atoms with Gasteiger partial charge in [-0.15, -0.1) is 11.6 Å². The van der Waals surface area contributed by atoms with E-state index in [0.717, 1.165) is 25.7 Å². The van der Waals surface area contributed by atoms with Crippen molar-refractivity contribution in [3.63, 3.8) is 0 Å². The minimum absolute atomic E-state index is 0.140. The Labute approximate surface area is 119 Å². The molecular formula is C14H22ClNO3. The first kappa shape index (κ1) is 14.6. The fourth-order valence-electron chi connectivity index (χ4n) is 3.53. The first-order valence-electron chi connectivity index (χ1n) is 7.10. The van der Waals surface area contributed by atoms with Crippen LogP contribution in [0.15, 0.2) is 0 Å². The normalized spacial score (nSPS) is 26.7. The molecule has 0 aromatic carbocycles. The number of rotatable bonds is 5. The highest BCUT2D eigenvalue weighted by Crippen LogP contribution is 2.41. The van der Waals surface area contributed by atoms with Crippen molar-refractivity contribution in [2.45, 2.75) is 44.9 Å². The number of alkyl halides is 1. The maximum atomic E-state index is 12.0. The summed E-state index contributed by atoms with van der Waals surface area (Å²) in [4.78, 5) is 24.9. The fourth-order valence-corrected chi connectivity index (χ4v) is 3.74. The molecule has 1 saturated carbocycles. The molecule has 1 heterocycles. The molecule has 5 heteroatoms. The van der Waals surface area contributed by atoms with E-state index in [9.17, 15) is 9.59 Å². The van der Waals surface area contributed by atoms with E-state index in [0.29, 0.717) is 25.4 Å². The lowest BCUT2D eigenvalue weighted by molar-refractivity contribution is -0.142. The molecule has 19 heavy (non-hydrogen) atoms. The van der Waals surface area contributed by atoms with Crippen molar-refractivity contribution in [1.82, 2.24) is 4.90 Å². The monoisotopic (exact) mass is 287 g/mol. The second kappa shape index (κ2) is 6.12. The molecule has 4 nitrogen and oxygen atoms in total. The molecule has 0 aromatic rings. The van der Waals surface area contributed by atoms with E-state index in [4.69, 9.17) is 16.7 Å². The maximum Gasteiger partial charge on any atom is 0.303 e. The smallest absolute Gasteiger partial charge is 0.303 e. The van der Waals surface area contributed by atoms with E-state index in [1.54, 1.807) is 0 Å². The van der Waals surface area contributed by atoms with Gasteiger partial charge in [-0.1, -0.05) is 19.3 Å². The first-order valence-corrected chi connectivity index (χ1v) is 7.64. The van der Waals surface area contributed by atoms with Gasteiger partial charge < -0.3 is 10.0 Å². The van der Waals surface area contributed by atoms with Gasteiger partial charge in [-0.25, -0.2) is 0 Å². The van der Waals surface area contributed by atoms with Gasteiger partial charge in [0.15, 0.2) is 0 Å². The van der Waals surface area contributed by atoms with Crippen LogP contribution in [0.2, 0.25) is 0 Å². The number of carbonyl (C=O) groups is 2. The lowest BCUT2D eigenvalue weighted by atomic mass is 9.71. The molecule has 2 aliphatic rings. The summed E-state index contributed by atoms with van der Waals surface area (Å²) in [5.74, 6) is 0.136. The number of likely N-dealkylation sites (tertiary alicyclic amines) is 1. The Kier molecular flexibility index (Phi) is 4.71. The van der Waals surface area contributed by atoms with Gasteiger partial charge in [0.2, 0.25) is 5.91 Å². The predicted molar refractivity (Wildman–Crippen MR) is 73.2 cm³/mol. The number of carbonyl (C=O) groups excluding carboxylic acids is 1. The molecule has 1 saturated heterocycles. The van der Waals surface area contributed by atoms with Gasteiger partial charge in [0.25, 0.3) is 0 Å². The van der Waals surface area contributed by atoms with Gasteiger partial charge in [-0.05, 0) is 24.2 Å². The number of aliphatic carboxylic acids is 1. The van der Waals surface area contributed by atoms with E-state index >= 15 is 0 Å². The van der Waals surface area contributed by atoms with Gasteiger partial charge in [-0.3, -0.25) is 9.59 Å². The van der Waals surface area contributed by atoms with E-state index < -0.39 is 5.97 Å². The molecule has 1 N–H and O–H groups in total. The third-order valence-corrected chi connectivity index (χ3v) is 4.92. The van der Waals surface area contributed by atoms with Crippen LogP contribution in [0.5, 0.6) is 0 Å². The highest BCUT2D eigenvalue weighted by molar-refractivity contribution is 6.18. The predicted octanol–water partition coefficient (Wildman–Crippen LogP) is 2.50. The summed E-state index contributed by atoms with van der Waals surface area (Å²) in [6, 6.07) is 0. The van der Waals surface area contributed by atoms with Crippen LogP contribution < -0.4 is 0 Å². The zero-order valence-electron chi connectivity index (χ0n) is 11.2. The van der Waals surface area contributed by atoms with Crippen LogP contribution in [0.25, 0.3) is 0 Å². The van der Waals surface area contributed by atoms with Crippen LogP contribution in [0.1, 0.15) is 44.9 Å². The Hall–Kier alpha value is -0.770. The number of hydrogen-bond acceptors (Lipinski definition) is 2. The van der Waals surface area contributed by atoms with Gasteiger partial charge in [0, 0.05) is 25.4 Å². The molecule has 0 spiro atoms. The molecule has 0 bridgehead atoms. The van der Waals surface area contributed by atoms with Crippen molar-refractivity contribution in [3.05, 3.63) is 0 Å². The summed E-state index contributed by atoms with van der Waals surface area (Å²) >= 11 is 5.83. The number of hydrogen-bond donors (Lipinski definition) is 1. The summed E-state index contributed by atoms with van der Waals surface area (Å²) in [6.07, 6.45) is 5.89. The van der Waals surface area contributed by atoms with E-state index in [1.807, 2.05) is 4.90 Å². The SMILES string of the molecule is O=C(O)CC1(CN2CC(CCl)CC2=O)CCCCC1. The van der Waals surface area contributed by atoms with Crippen LogP contribution in [0.3, 0.4) is 0 Å². The topological polar surface area (TPSA) is 57.6 Å². The van der Waals surface area contributed by atoms with Gasteiger partial charge >= 0.3 is 5.97 Å². The zero-order chi connectivity index (χ0) is 13.9. The molecule has 0 radical (unpaired) electrons. The Bertz CT molecular complexity index is 353. The molecule has 1 aliphatic heterocycles. The molecule has 1 aliphatic carbocycles. The van der Waals surface area contributed by atoms with E-state index in [-0.39, 0.29) is 23.7 Å². The Morgan fingerprint density at radius 2 is 2.05 bits per heavy atom. The molecule has 1 atom stereocenters. The summed E-state index contributed by atoms with van der Waals surface area (Å²) in [5, 5.41) is 9.14. The van der Waals surface area contributed by atoms with Crippen LogP contribution >= 0.6 is 11.6 Å². The standard InChI is InChI=1S/C14H22ClNO3/c15-8-11-6-12(17)16(9-11)10-14(7-13(18)19)4-2-1-3-5-14/h11H,1-10H2,(H,18,19). The Morgan fingerprint density at radius 1 is 1.37 bits per heavy atom. The summed E-state index contributed by atoms with van der Waals surface area (Å²) < 4.78 is 0. The highest BCUT2D eigenvalue weighted by atomic mass is 35.5. The fraction of sp³-hybridized carbons (Fsp3) is 0.857. The lowest BCUT2D eigenvalue weighted by Gasteiger charge is -2.39. The Morgan fingerprint density at radius 3 is 2.58 bits per heavy atom. The lowest BCUT2D eigenvalue weighted by Crippen LogP contribution is -2.41. The molecule has 2 fully saturated rings. The van der Waals surface area contributed by atoms with Crippen LogP contribution in [-0.2, 0) is 9.59 Å². The van der Waals surface area contributed by atoms with Crippen molar-refractivity contribution >= 4 is 23.5 Å². The van der Waals surface area contributed by atoms with Crippen LogP contribution in [-0.4, -0.2) is 40.9 Å². The van der Waals surface area contributed by atoms with Gasteiger partial charge in [0.1, 0.15) is 0 Å².